The van der Waals surface area contributed by atoms with Crippen LogP contribution in [-0.2, 0) is 4.79 Å². The van der Waals surface area contributed by atoms with Crippen molar-refractivity contribution in [3.63, 3.8) is 0 Å². The lowest BCUT2D eigenvalue weighted by Gasteiger charge is -2.31. The SMILES string of the molecule is CCOc1ccc(C2=C(/C=C3\SC(=S)NC3=O)[C@H](c3ccccc3C)c3ccccc3O2)cc1. The summed E-state index contributed by atoms with van der Waals surface area (Å²) in [5.41, 5.74) is 5.22. The van der Waals surface area contributed by atoms with Crippen LogP contribution in [0.15, 0.2) is 89.4 Å². The zero-order valence-corrected chi connectivity index (χ0v) is 20.5. The van der Waals surface area contributed by atoms with Crippen LogP contribution in [-0.4, -0.2) is 16.8 Å². The number of ether oxygens (including phenoxy) is 2. The van der Waals surface area contributed by atoms with E-state index >= 15 is 0 Å². The quantitative estimate of drug-likeness (QED) is 0.337. The first-order valence-electron chi connectivity index (χ1n) is 11.1. The molecule has 0 spiro atoms. The van der Waals surface area contributed by atoms with Crippen molar-refractivity contribution >= 4 is 40.0 Å². The first kappa shape index (κ1) is 22.4. The van der Waals surface area contributed by atoms with Gasteiger partial charge in [0, 0.05) is 22.6 Å². The van der Waals surface area contributed by atoms with Crippen LogP contribution in [0, 0.1) is 6.92 Å². The smallest absolute Gasteiger partial charge is 0.263 e. The summed E-state index contributed by atoms with van der Waals surface area (Å²) in [7, 11) is 0. The number of hydrogen-bond donors (Lipinski definition) is 1. The molecule has 0 unspecified atom stereocenters. The maximum atomic E-state index is 12.6. The van der Waals surface area contributed by atoms with Gasteiger partial charge in [0.2, 0.25) is 0 Å². The van der Waals surface area contributed by atoms with Gasteiger partial charge in [-0.05, 0) is 61.4 Å². The maximum Gasteiger partial charge on any atom is 0.263 e. The van der Waals surface area contributed by atoms with Crippen molar-refractivity contribution in [2.75, 3.05) is 6.61 Å². The van der Waals surface area contributed by atoms with Crippen molar-refractivity contribution in [2.45, 2.75) is 19.8 Å². The highest BCUT2D eigenvalue weighted by Gasteiger charge is 2.33. The Hall–Kier alpha value is -3.35. The van der Waals surface area contributed by atoms with Crippen LogP contribution in [0.3, 0.4) is 0 Å². The van der Waals surface area contributed by atoms with E-state index in [9.17, 15) is 4.79 Å². The number of rotatable bonds is 5. The number of thiocarbonyl (C=S) groups is 1. The van der Waals surface area contributed by atoms with E-state index in [0.29, 0.717) is 21.6 Å². The second kappa shape index (κ2) is 9.49. The topological polar surface area (TPSA) is 47.6 Å². The number of carbonyl (C=O) groups excluding carboxylic acids is 1. The maximum absolute atomic E-state index is 12.6. The van der Waals surface area contributed by atoms with Gasteiger partial charge in [0.05, 0.1) is 11.5 Å². The number of amides is 1. The lowest BCUT2D eigenvalue weighted by molar-refractivity contribution is -0.115. The Morgan fingerprint density at radius 1 is 1.03 bits per heavy atom. The Balaban J connectivity index is 1.76. The highest BCUT2D eigenvalue weighted by molar-refractivity contribution is 8.26. The van der Waals surface area contributed by atoms with Gasteiger partial charge in [-0.15, -0.1) is 0 Å². The first-order chi connectivity index (χ1) is 16.5. The summed E-state index contributed by atoms with van der Waals surface area (Å²) < 4.78 is 12.6. The van der Waals surface area contributed by atoms with E-state index in [1.54, 1.807) is 0 Å². The summed E-state index contributed by atoms with van der Waals surface area (Å²) in [6.07, 6.45) is 1.93. The predicted molar refractivity (Wildman–Crippen MR) is 141 cm³/mol. The van der Waals surface area contributed by atoms with Gasteiger partial charge in [0.15, 0.2) is 0 Å². The molecule has 170 valence electrons. The number of allylic oxidation sites excluding steroid dienone is 2. The molecule has 1 fully saturated rings. The average Bonchev–Trinajstić information content (AvgIpc) is 3.16. The molecule has 0 bridgehead atoms. The number of para-hydroxylation sites is 1. The average molecular weight is 486 g/mol. The molecule has 34 heavy (non-hydrogen) atoms. The van der Waals surface area contributed by atoms with Crippen LogP contribution < -0.4 is 14.8 Å². The summed E-state index contributed by atoms with van der Waals surface area (Å²) in [5.74, 6) is 2.03. The van der Waals surface area contributed by atoms with Crippen molar-refractivity contribution in [1.82, 2.24) is 5.32 Å². The molecule has 1 amide bonds. The minimum Gasteiger partial charge on any atom is -0.494 e. The Kier molecular flexibility index (Phi) is 6.26. The fourth-order valence-electron chi connectivity index (χ4n) is 4.33. The number of benzene rings is 3. The highest BCUT2D eigenvalue weighted by Crippen LogP contribution is 2.48. The lowest BCUT2D eigenvalue weighted by Crippen LogP contribution is -2.19. The van der Waals surface area contributed by atoms with Crippen molar-refractivity contribution in [1.29, 1.82) is 0 Å². The summed E-state index contributed by atoms with van der Waals surface area (Å²) in [4.78, 5) is 13.2. The summed E-state index contributed by atoms with van der Waals surface area (Å²) >= 11 is 6.52. The Morgan fingerprint density at radius 2 is 1.74 bits per heavy atom. The minimum absolute atomic E-state index is 0.109. The van der Waals surface area contributed by atoms with Gasteiger partial charge in [-0.3, -0.25) is 4.79 Å². The fourth-order valence-corrected chi connectivity index (χ4v) is 5.37. The van der Waals surface area contributed by atoms with Gasteiger partial charge in [-0.25, -0.2) is 0 Å². The van der Waals surface area contributed by atoms with Crippen LogP contribution in [0.4, 0.5) is 0 Å². The minimum atomic E-state index is -0.184. The Bertz CT molecular complexity index is 1340. The fraction of sp³-hybridized carbons (Fsp3) is 0.143. The molecule has 4 nitrogen and oxygen atoms in total. The molecule has 1 atom stereocenters. The zero-order valence-electron chi connectivity index (χ0n) is 18.8. The monoisotopic (exact) mass is 485 g/mol. The van der Waals surface area contributed by atoms with E-state index in [4.69, 9.17) is 21.7 Å². The van der Waals surface area contributed by atoms with Crippen molar-refractivity contribution in [2.24, 2.45) is 0 Å². The molecule has 0 radical (unpaired) electrons. The zero-order chi connectivity index (χ0) is 23.7. The van der Waals surface area contributed by atoms with Gasteiger partial charge < -0.3 is 14.8 Å². The molecule has 2 aliphatic heterocycles. The molecular formula is C28H23NO3S2. The molecule has 1 N–H and O–H groups in total. The van der Waals surface area contributed by atoms with E-state index in [2.05, 4.69) is 30.4 Å². The van der Waals surface area contributed by atoms with Crippen molar-refractivity contribution in [3.8, 4) is 11.5 Å². The van der Waals surface area contributed by atoms with Crippen LogP contribution in [0.1, 0.15) is 35.1 Å². The number of hydrogen-bond acceptors (Lipinski definition) is 5. The third kappa shape index (κ3) is 4.27. The first-order valence-corrected chi connectivity index (χ1v) is 12.3. The van der Waals surface area contributed by atoms with Crippen LogP contribution in [0.25, 0.3) is 5.76 Å². The molecule has 6 heteroatoms. The summed E-state index contributed by atoms with van der Waals surface area (Å²) in [6, 6.07) is 24.3. The molecule has 0 saturated carbocycles. The molecule has 3 aromatic carbocycles. The van der Waals surface area contributed by atoms with Gasteiger partial charge in [-0.2, -0.15) is 0 Å². The van der Waals surface area contributed by atoms with Crippen molar-refractivity contribution < 1.29 is 14.3 Å². The van der Waals surface area contributed by atoms with E-state index in [0.717, 1.165) is 28.2 Å². The molecule has 0 aliphatic carbocycles. The second-order valence-electron chi connectivity index (χ2n) is 8.02. The largest absolute Gasteiger partial charge is 0.494 e. The van der Waals surface area contributed by atoms with E-state index in [1.807, 2.05) is 67.6 Å². The molecule has 1 saturated heterocycles. The lowest BCUT2D eigenvalue weighted by atomic mass is 9.79. The predicted octanol–water partition coefficient (Wildman–Crippen LogP) is 6.36. The Labute approximate surface area is 208 Å². The molecule has 0 aromatic heterocycles. The third-order valence-electron chi connectivity index (χ3n) is 5.87. The van der Waals surface area contributed by atoms with Gasteiger partial charge in [0.25, 0.3) is 5.91 Å². The van der Waals surface area contributed by atoms with E-state index < -0.39 is 0 Å². The third-order valence-corrected chi connectivity index (χ3v) is 7.03. The molecule has 5 rings (SSSR count). The number of fused-ring (bicyclic) bond motifs is 1. The van der Waals surface area contributed by atoms with E-state index in [1.165, 1.54) is 22.9 Å². The molecular weight excluding hydrogens is 462 g/mol. The summed E-state index contributed by atoms with van der Waals surface area (Å²) in [6.45, 7) is 4.68. The van der Waals surface area contributed by atoms with Gasteiger partial charge in [-0.1, -0.05) is 66.4 Å². The molecule has 2 aliphatic rings. The van der Waals surface area contributed by atoms with Gasteiger partial charge >= 0.3 is 0 Å². The van der Waals surface area contributed by atoms with Crippen LogP contribution in [0.2, 0.25) is 0 Å². The van der Waals surface area contributed by atoms with Crippen molar-refractivity contribution in [3.05, 3.63) is 112 Å². The summed E-state index contributed by atoms with van der Waals surface area (Å²) in [5, 5.41) is 2.72. The van der Waals surface area contributed by atoms with E-state index in [-0.39, 0.29) is 11.8 Å². The highest BCUT2D eigenvalue weighted by atomic mass is 32.2. The van der Waals surface area contributed by atoms with Crippen LogP contribution in [0.5, 0.6) is 11.5 Å². The Morgan fingerprint density at radius 3 is 2.41 bits per heavy atom. The molecule has 3 aromatic rings. The number of carbonyl (C=O) groups is 1. The molecule has 2 heterocycles. The normalized spacial score (nSPS) is 18.5. The van der Waals surface area contributed by atoms with Crippen LogP contribution >= 0.6 is 24.0 Å². The van der Waals surface area contributed by atoms with Gasteiger partial charge in [0.1, 0.15) is 21.6 Å². The standard InChI is InChI=1S/C28H23NO3S2/c1-3-31-19-14-12-18(13-15-19)26-22(16-24-27(30)29-28(33)34-24)25(20-9-5-4-8-17(20)2)21-10-6-7-11-23(21)32-26/h4-16,25H,3H2,1-2H3,(H,29,30,33)/b24-16-/t25-/m1/s1. The number of thioether (sulfide) groups is 1. The number of nitrogens with one attached hydrogen (secondary N) is 1. The number of aryl methyl sites for hydroxylation is 1. The second-order valence-corrected chi connectivity index (χ2v) is 9.74.